The van der Waals surface area contributed by atoms with Crippen LogP contribution >= 0.6 is 0 Å². The van der Waals surface area contributed by atoms with Crippen LogP contribution < -0.4 is 0 Å². The molecule has 1 fully saturated rings. The van der Waals surface area contributed by atoms with E-state index in [2.05, 4.69) is 0 Å². The van der Waals surface area contributed by atoms with Gasteiger partial charge in [0.25, 0.3) is 0 Å². The van der Waals surface area contributed by atoms with Crippen molar-refractivity contribution >= 4 is 15.6 Å². The van der Waals surface area contributed by atoms with Crippen LogP contribution in [0.5, 0.6) is 0 Å². The summed E-state index contributed by atoms with van der Waals surface area (Å²) in [5.74, 6) is 0.346. The van der Waals surface area contributed by atoms with Gasteiger partial charge in [-0.05, 0) is 39.0 Å². The molecule has 1 aliphatic rings. The highest BCUT2D eigenvalue weighted by Gasteiger charge is 2.43. The summed E-state index contributed by atoms with van der Waals surface area (Å²) in [6.07, 6.45) is 5.37. The van der Waals surface area contributed by atoms with Crippen molar-refractivity contribution in [1.29, 1.82) is 0 Å². The minimum absolute atomic E-state index is 0.158. The summed E-state index contributed by atoms with van der Waals surface area (Å²) in [6.45, 7) is 11.0. The lowest BCUT2D eigenvalue weighted by molar-refractivity contribution is -0.128. The third-order valence-corrected chi connectivity index (χ3v) is 7.57. The molecule has 0 unspecified atom stereocenters. The van der Waals surface area contributed by atoms with Crippen molar-refractivity contribution in [2.75, 3.05) is 5.75 Å². The fraction of sp³-hybridized carbons (Fsp3) is 0.941. The Balaban J connectivity index is 3.03. The van der Waals surface area contributed by atoms with Crippen molar-refractivity contribution in [3.05, 3.63) is 0 Å². The molecule has 1 aliphatic carbocycles. The third kappa shape index (κ3) is 4.80. The van der Waals surface area contributed by atoms with Crippen molar-refractivity contribution in [2.24, 2.45) is 10.8 Å². The molecule has 0 aromatic rings. The molecule has 124 valence electrons. The van der Waals surface area contributed by atoms with E-state index in [1.807, 2.05) is 20.8 Å². The van der Waals surface area contributed by atoms with E-state index in [1.165, 1.54) is 0 Å². The number of carbonyl (C=O) groups excluding carboxylic acids is 1. The van der Waals surface area contributed by atoms with Gasteiger partial charge >= 0.3 is 0 Å². The number of hydrogen-bond acceptors (Lipinski definition) is 3. The zero-order chi connectivity index (χ0) is 16.5. The van der Waals surface area contributed by atoms with Crippen LogP contribution in [0.15, 0.2) is 0 Å². The lowest BCUT2D eigenvalue weighted by atomic mass is 9.69. The molecule has 21 heavy (non-hydrogen) atoms. The van der Waals surface area contributed by atoms with Crippen LogP contribution in [0, 0.1) is 10.8 Å². The highest BCUT2D eigenvalue weighted by molar-refractivity contribution is 7.92. The molecule has 1 rings (SSSR count). The molecule has 0 aliphatic heterocycles. The molecule has 0 saturated heterocycles. The van der Waals surface area contributed by atoms with Gasteiger partial charge in [0, 0.05) is 11.8 Å². The first-order valence-electron chi connectivity index (χ1n) is 8.05. The molecular formula is C17H32O3S. The van der Waals surface area contributed by atoms with Crippen LogP contribution in [0.2, 0.25) is 0 Å². The first-order valence-corrected chi connectivity index (χ1v) is 9.70. The molecule has 1 saturated carbocycles. The Labute approximate surface area is 130 Å². The van der Waals surface area contributed by atoms with E-state index in [0.717, 1.165) is 32.1 Å². The summed E-state index contributed by atoms with van der Waals surface area (Å²) in [6, 6.07) is 0. The van der Waals surface area contributed by atoms with Gasteiger partial charge in [-0.2, -0.15) is 0 Å². The molecule has 0 spiro atoms. The topological polar surface area (TPSA) is 51.2 Å². The molecule has 3 nitrogen and oxygen atoms in total. The predicted octanol–water partition coefficient (Wildman–Crippen LogP) is 4.16. The molecule has 0 amide bonds. The van der Waals surface area contributed by atoms with E-state index >= 15 is 0 Å². The zero-order valence-electron chi connectivity index (χ0n) is 14.6. The van der Waals surface area contributed by atoms with Crippen LogP contribution in [0.4, 0.5) is 0 Å². The minimum atomic E-state index is -3.20. The molecule has 0 heterocycles. The third-order valence-electron chi connectivity index (χ3n) is 4.72. The van der Waals surface area contributed by atoms with E-state index in [-0.39, 0.29) is 17.0 Å². The normalized spacial score (nSPS) is 20.3. The average molecular weight is 317 g/mol. The van der Waals surface area contributed by atoms with Gasteiger partial charge in [0.2, 0.25) is 0 Å². The molecule has 0 N–H and O–H groups in total. The van der Waals surface area contributed by atoms with Gasteiger partial charge in [0.1, 0.15) is 5.78 Å². The Bertz CT molecular complexity index is 469. The molecular weight excluding hydrogens is 284 g/mol. The van der Waals surface area contributed by atoms with Gasteiger partial charge < -0.3 is 0 Å². The van der Waals surface area contributed by atoms with E-state index in [9.17, 15) is 13.2 Å². The number of Topliss-reactive ketones (excluding diaryl/α,β-unsaturated/α-hetero) is 1. The van der Waals surface area contributed by atoms with Crippen molar-refractivity contribution in [3.8, 4) is 0 Å². The maximum atomic E-state index is 12.6. The van der Waals surface area contributed by atoms with E-state index in [0.29, 0.717) is 6.42 Å². The Hall–Kier alpha value is -0.380. The number of ketones is 1. The number of rotatable bonds is 4. The molecule has 0 bridgehead atoms. The van der Waals surface area contributed by atoms with Gasteiger partial charge in [-0.15, -0.1) is 0 Å². The smallest absolute Gasteiger partial charge is 0.155 e. The summed E-state index contributed by atoms with van der Waals surface area (Å²) >= 11 is 0. The standard InChI is InChI=1S/C17H32O3S/c1-15(2,3)14(18)12-17(10-8-7-9-11-17)13-21(19,20)16(4,5)6/h7-13H2,1-6H3. The first kappa shape index (κ1) is 18.7. The highest BCUT2D eigenvalue weighted by atomic mass is 32.2. The van der Waals surface area contributed by atoms with Gasteiger partial charge in [-0.3, -0.25) is 4.79 Å². The fourth-order valence-corrected chi connectivity index (χ4v) is 4.53. The van der Waals surface area contributed by atoms with Gasteiger partial charge in [-0.1, -0.05) is 40.0 Å². The second-order valence-corrected chi connectivity index (χ2v) is 11.5. The van der Waals surface area contributed by atoms with Gasteiger partial charge in [-0.25, -0.2) is 8.42 Å². The molecule has 0 atom stereocenters. The Morgan fingerprint density at radius 1 is 0.952 bits per heavy atom. The molecule has 0 radical (unpaired) electrons. The number of carbonyl (C=O) groups is 1. The summed E-state index contributed by atoms with van der Waals surface area (Å²) in [5, 5.41) is 0. The zero-order valence-corrected chi connectivity index (χ0v) is 15.4. The first-order chi connectivity index (χ1) is 9.29. The Morgan fingerprint density at radius 2 is 1.43 bits per heavy atom. The quantitative estimate of drug-likeness (QED) is 0.782. The molecule has 4 heteroatoms. The van der Waals surface area contributed by atoms with Gasteiger partial charge in [0.05, 0.1) is 10.5 Å². The highest BCUT2D eigenvalue weighted by Crippen LogP contribution is 2.43. The van der Waals surface area contributed by atoms with Crippen molar-refractivity contribution in [1.82, 2.24) is 0 Å². The van der Waals surface area contributed by atoms with Crippen molar-refractivity contribution < 1.29 is 13.2 Å². The van der Waals surface area contributed by atoms with Crippen molar-refractivity contribution in [3.63, 3.8) is 0 Å². The largest absolute Gasteiger partial charge is 0.299 e. The van der Waals surface area contributed by atoms with Crippen molar-refractivity contribution in [2.45, 2.75) is 84.8 Å². The SMILES string of the molecule is CC(C)(C)C(=O)CC1(CS(=O)(=O)C(C)(C)C)CCCCC1. The summed E-state index contributed by atoms with van der Waals surface area (Å²) in [7, 11) is -3.20. The number of hydrogen-bond donors (Lipinski definition) is 0. The lowest BCUT2D eigenvalue weighted by Crippen LogP contribution is -2.42. The van der Waals surface area contributed by atoms with E-state index in [1.54, 1.807) is 20.8 Å². The van der Waals surface area contributed by atoms with Crippen LogP contribution in [-0.4, -0.2) is 24.7 Å². The fourth-order valence-electron chi connectivity index (χ4n) is 2.90. The van der Waals surface area contributed by atoms with Crippen LogP contribution in [0.25, 0.3) is 0 Å². The Kier molecular flexibility index (Phi) is 5.35. The summed E-state index contributed by atoms with van der Waals surface area (Å²) in [4.78, 5) is 12.5. The maximum Gasteiger partial charge on any atom is 0.155 e. The van der Waals surface area contributed by atoms with Gasteiger partial charge in [0.15, 0.2) is 9.84 Å². The lowest BCUT2D eigenvalue weighted by Gasteiger charge is -2.39. The average Bonchev–Trinajstić information content (AvgIpc) is 2.26. The van der Waals surface area contributed by atoms with E-state index in [4.69, 9.17) is 0 Å². The maximum absolute atomic E-state index is 12.6. The summed E-state index contributed by atoms with van der Waals surface area (Å²) in [5.41, 5.74) is -0.731. The Morgan fingerprint density at radius 3 is 1.81 bits per heavy atom. The predicted molar refractivity (Wildman–Crippen MR) is 88.1 cm³/mol. The second kappa shape index (κ2) is 6.02. The minimum Gasteiger partial charge on any atom is -0.299 e. The second-order valence-electron chi connectivity index (χ2n) is 8.78. The number of sulfone groups is 1. The van der Waals surface area contributed by atoms with Crippen LogP contribution in [-0.2, 0) is 14.6 Å². The monoisotopic (exact) mass is 316 g/mol. The molecule has 0 aromatic carbocycles. The van der Waals surface area contributed by atoms with E-state index < -0.39 is 20.0 Å². The van der Waals surface area contributed by atoms with Crippen LogP contribution in [0.3, 0.4) is 0 Å². The summed E-state index contributed by atoms with van der Waals surface area (Å²) < 4.78 is 24.5. The molecule has 0 aromatic heterocycles. The van der Waals surface area contributed by atoms with Crippen LogP contribution in [0.1, 0.15) is 80.1 Å².